The number of para-hydroxylation sites is 1. The van der Waals surface area contributed by atoms with Crippen molar-refractivity contribution in [2.75, 3.05) is 33.4 Å². The number of piperidine rings is 1. The number of esters is 1. The summed E-state index contributed by atoms with van der Waals surface area (Å²) in [7, 11) is -2.10. The number of benzene rings is 2. The van der Waals surface area contributed by atoms with Gasteiger partial charge in [0.1, 0.15) is 24.7 Å². The van der Waals surface area contributed by atoms with Gasteiger partial charge >= 0.3 is 5.97 Å². The lowest BCUT2D eigenvalue weighted by Gasteiger charge is -2.30. The number of sulfonamides is 1. The first-order valence-corrected chi connectivity index (χ1v) is 11.8. The predicted octanol–water partition coefficient (Wildman–Crippen LogP) is 2.92. The van der Waals surface area contributed by atoms with Gasteiger partial charge in [-0.25, -0.2) is 8.42 Å². The third-order valence-electron chi connectivity index (χ3n) is 5.34. The third-order valence-corrected chi connectivity index (χ3v) is 7.25. The molecule has 0 aliphatic carbocycles. The first-order chi connectivity index (χ1) is 15.3. The summed E-state index contributed by atoms with van der Waals surface area (Å²) in [5.74, 6) is 0.206. The van der Waals surface area contributed by atoms with Crippen LogP contribution in [0.2, 0.25) is 0 Å². The fraction of sp³-hybridized carbons (Fsp3) is 0.391. The molecular weight excluding hydrogens is 434 g/mol. The van der Waals surface area contributed by atoms with Crippen LogP contribution in [0.25, 0.3) is 0 Å². The zero-order valence-corrected chi connectivity index (χ0v) is 19.0. The van der Waals surface area contributed by atoms with Crippen molar-refractivity contribution in [3.63, 3.8) is 0 Å². The second-order valence-electron chi connectivity index (χ2n) is 7.42. The van der Waals surface area contributed by atoms with E-state index in [9.17, 15) is 18.0 Å². The summed E-state index contributed by atoms with van der Waals surface area (Å²) in [6.45, 7) is 2.13. The maximum atomic E-state index is 12.8. The highest BCUT2D eigenvalue weighted by molar-refractivity contribution is 7.89. The molecule has 0 amide bonds. The molecule has 0 radical (unpaired) electrons. The van der Waals surface area contributed by atoms with Gasteiger partial charge in [0.15, 0.2) is 5.78 Å². The first kappa shape index (κ1) is 23.7. The zero-order valence-electron chi connectivity index (χ0n) is 18.2. The number of ketones is 1. The van der Waals surface area contributed by atoms with Gasteiger partial charge in [-0.2, -0.15) is 4.31 Å². The number of rotatable bonds is 9. The van der Waals surface area contributed by atoms with Crippen molar-refractivity contribution in [2.45, 2.75) is 24.7 Å². The molecule has 0 bridgehead atoms. The maximum Gasteiger partial charge on any atom is 0.309 e. The van der Waals surface area contributed by atoms with E-state index >= 15 is 0 Å². The lowest BCUT2D eigenvalue weighted by molar-refractivity contribution is -0.150. The molecule has 1 saturated heterocycles. The number of Topliss-reactive ketones (excluding diaryl/α,β-unsaturated/α-hetero) is 1. The SMILES string of the molecule is COc1ccc(S(=O)(=O)N2CCC(C(=O)OCCOc3ccccc3C(C)=O)CC2)cc1. The van der Waals surface area contributed by atoms with Crippen molar-refractivity contribution in [2.24, 2.45) is 5.92 Å². The molecule has 0 saturated carbocycles. The van der Waals surface area contributed by atoms with Crippen LogP contribution in [0.15, 0.2) is 53.4 Å². The van der Waals surface area contributed by atoms with Crippen LogP contribution in [0.5, 0.6) is 11.5 Å². The Balaban J connectivity index is 1.45. The minimum absolute atomic E-state index is 0.0510. The van der Waals surface area contributed by atoms with Gasteiger partial charge in [-0.1, -0.05) is 12.1 Å². The highest BCUT2D eigenvalue weighted by atomic mass is 32.2. The number of carbonyl (C=O) groups is 2. The second kappa shape index (κ2) is 10.6. The van der Waals surface area contributed by atoms with Crippen molar-refractivity contribution in [1.29, 1.82) is 0 Å². The van der Waals surface area contributed by atoms with E-state index in [4.69, 9.17) is 14.2 Å². The molecule has 9 heteroatoms. The highest BCUT2D eigenvalue weighted by Gasteiger charge is 2.32. The van der Waals surface area contributed by atoms with Gasteiger partial charge in [-0.3, -0.25) is 9.59 Å². The molecule has 2 aromatic rings. The predicted molar refractivity (Wildman–Crippen MR) is 117 cm³/mol. The lowest BCUT2D eigenvalue weighted by Crippen LogP contribution is -2.40. The van der Waals surface area contributed by atoms with E-state index in [2.05, 4.69) is 0 Å². The van der Waals surface area contributed by atoms with Crippen LogP contribution in [0.4, 0.5) is 0 Å². The zero-order chi connectivity index (χ0) is 23.1. The molecule has 1 aliphatic rings. The summed E-state index contributed by atoms with van der Waals surface area (Å²) in [5.41, 5.74) is 0.476. The number of carbonyl (C=O) groups excluding carboxylic acids is 2. The Bertz CT molecular complexity index is 1040. The van der Waals surface area contributed by atoms with Crippen LogP contribution < -0.4 is 9.47 Å². The second-order valence-corrected chi connectivity index (χ2v) is 9.36. The van der Waals surface area contributed by atoms with Gasteiger partial charge in [-0.05, 0) is 56.2 Å². The number of nitrogens with zero attached hydrogens (tertiary/aromatic N) is 1. The topological polar surface area (TPSA) is 99.2 Å². The van der Waals surface area contributed by atoms with Crippen LogP contribution in [0, 0.1) is 5.92 Å². The standard InChI is InChI=1S/C23H27NO7S/c1-17(25)21-5-3-4-6-22(21)30-15-16-31-23(26)18-11-13-24(14-12-18)32(27,28)20-9-7-19(29-2)8-10-20/h3-10,18H,11-16H2,1-2H3. The van der Waals surface area contributed by atoms with E-state index in [1.165, 1.54) is 30.5 Å². The van der Waals surface area contributed by atoms with Gasteiger partial charge in [0, 0.05) is 13.1 Å². The maximum absolute atomic E-state index is 12.8. The van der Waals surface area contributed by atoms with E-state index in [1.807, 2.05) is 0 Å². The molecule has 0 atom stereocenters. The van der Waals surface area contributed by atoms with Gasteiger partial charge in [-0.15, -0.1) is 0 Å². The molecule has 32 heavy (non-hydrogen) atoms. The summed E-state index contributed by atoms with van der Waals surface area (Å²) in [6, 6.07) is 13.1. The minimum Gasteiger partial charge on any atom is -0.497 e. The monoisotopic (exact) mass is 461 g/mol. The molecule has 1 heterocycles. The third kappa shape index (κ3) is 5.66. The summed E-state index contributed by atoms with van der Waals surface area (Å²) >= 11 is 0. The highest BCUT2D eigenvalue weighted by Crippen LogP contribution is 2.26. The minimum atomic E-state index is -3.62. The molecule has 0 N–H and O–H groups in total. The Morgan fingerprint density at radius 2 is 1.66 bits per heavy atom. The van der Waals surface area contributed by atoms with E-state index in [-0.39, 0.29) is 48.9 Å². The van der Waals surface area contributed by atoms with Crippen molar-refractivity contribution < 1.29 is 32.2 Å². The number of hydrogen-bond donors (Lipinski definition) is 0. The van der Waals surface area contributed by atoms with Crippen molar-refractivity contribution in [1.82, 2.24) is 4.31 Å². The van der Waals surface area contributed by atoms with Gasteiger partial charge in [0.25, 0.3) is 0 Å². The Morgan fingerprint density at radius 3 is 2.28 bits per heavy atom. The van der Waals surface area contributed by atoms with Crippen LogP contribution in [-0.2, 0) is 19.6 Å². The molecule has 0 unspecified atom stereocenters. The van der Waals surface area contributed by atoms with Gasteiger partial charge in [0.2, 0.25) is 10.0 Å². The van der Waals surface area contributed by atoms with Gasteiger partial charge in [0.05, 0.1) is 23.5 Å². The Hall–Kier alpha value is -2.91. The van der Waals surface area contributed by atoms with E-state index in [0.717, 1.165) is 0 Å². The quantitative estimate of drug-likeness (QED) is 0.322. The fourth-order valence-corrected chi connectivity index (χ4v) is 4.99. The largest absolute Gasteiger partial charge is 0.497 e. The molecule has 1 aliphatic heterocycles. The molecular formula is C23H27NO7S. The Labute approximate surface area is 188 Å². The van der Waals surface area contributed by atoms with E-state index in [0.29, 0.717) is 29.9 Å². The number of ether oxygens (including phenoxy) is 3. The van der Waals surface area contributed by atoms with Crippen LogP contribution in [0.3, 0.4) is 0 Å². The van der Waals surface area contributed by atoms with Crippen LogP contribution in [0.1, 0.15) is 30.1 Å². The number of methoxy groups -OCH3 is 1. The first-order valence-electron chi connectivity index (χ1n) is 10.4. The smallest absolute Gasteiger partial charge is 0.309 e. The average molecular weight is 462 g/mol. The average Bonchev–Trinajstić information content (AvgIpc) is 2.82. The molecule has 8 nitrogen and oxygen atoms in total. The molecule has 172 valence electrons. The van der Waals surface area contributed by atoms with Gasteiger partial charge < -0.3 is 14.2 Å². The molecule has 0 spiro atoms. The lowest BCUT2D eigenvalue weighted by atomic mass is 9.98. The fourth-order valence-electron chi connectivity index (χ4n) is 3.52. The molecule has 2 aromatic carbocycles. The summed E-state index contributed by atoms with van der Waals surface area (Å²) in [4.78, 5) is 24.2. The van der Waals surface area contributed by atoms with Crippen molar-refractivity contribution in [3.8, 4) is 11.5 Å². The van der Waals surface area contributed by atoms with Crippen LogP contribution >= 0.6 is 0 Å². The van der Waals surface area contributed by atoms with E-state index < -0.39 is 10.0 Å². The van der Waals surface area contributed by atoms with Crippen molar-refractivity contribution >= 4 is 21.8 Å². The summed E-state index contributed by atoms with van der Waals surface area (Å²) in [5, 5.41) is 0. The molecule has 0 aromatic heterocycles. The molecule has 3 rings (SSSR count). The Morgan fingerprint density at radius 1 is 1.00 bits per heavy atom. The van der Waals surface area contributed by atoms with E-state index in [1.54, 1.807) is 36.4 Å². The molecule has 1 fully saturated rings. The normalized spacial score (nSPS) is 15.2. The summed E-state index contributed by atoms with van der Waals surface area (Å²) in [6.07, 6.45) is 0.782. The Kier molecular flexibility index (Phi) is 7.87. The summed E-state index contributed by atoms with van der Waals surface area (Å²) < 4.78 is 43.0. The van der Waals surface area contributed by atoms with Crippen molar-refractivity contribution in [3.05, 3.63) is 54.1 Å². The number of hydrogen-bond acceptors (Lipinski definition) is 7. The van der Waals surface area contributed by atoms with Crippen LogP contribution in [-0.4, -0.2) is 57.9 Å².